The summed E-state index contributed by atoms with van der Waals surface area (Å²) < 4.78 is 15.7. The van der Waals surface area contributed by atoms with Crippen LogP contribution in [0.2, 0.25) is 0 Å². The van der Waals surface area contributed by atoms with Gasteiger partial charge in [-0.15, -0.1) is 0 Å². The molecule has 7 nitrogen and oxygen atoms in total. The highest BCUT2D eigenvalue weighted by Gasteiger charge is 2.31. The number of carbonyl (C=O) groups is 2. The molecule has 2 fully saturated rings. The molecule has 0 radical (unpaired) electrons. The van der Waals surface area contributed by atoms with Crippen molar-refractivity contribution in [2.45, 2.75) is 51.4 Å². The summed E-state index contributed by atoms with van der Waals surface area (Å²) in [4.78, 5) is 25.3. The van der Waals surface area contributed by atoms with E-state index in [0.29, 0.717) is 32.7 Å². The van der Waals surface area contributed by atoms with Gasteiger partial charge in [0.25, 0.3) is 0 Å². The van der Waals surface area contributed by atoms with Gasteiger partial charge in [-0.2, -0.15) is 0 Å². The van der Waals surface area contributed by atoms with Crippen molar-refractivity contribution in [3.63, 3.8) is 0 Å². The Morgan fingerprint density at radius 3 is 2.67 bits per heavy atom. The first-order chi connectivity index (χ1) is 9.83. The highest BCUT2D eigenvalue weighted by molar-refractivity contribution is 5.70. The first kappa shape index (κ1) is 15.9. The Labute approximate surface area is 124 Å². The summed E-state index contributed by atoms with van der Waals surface area (Å²) in [5.41, 5.74) is -0.510. The van der Waals surface area contributed by atoms with Crippen LogP contribution in [0, 0.1) is 0 Å². The smallest absolute Gasteiger partial charge is 0.410 e. The van der Waals surface area contributed by atoms with Gasteiger partial charge < -0.3 is 24.4 Å². The maximum atomic E-state index is 11.9. The minimum Gasteiger partial charge on any atom is -0.444 e. The van der Waals surface area contributed by atoms with Gasteiger partial charge in [-0.3, -0.25) is 0 Å². The molecule has 120 valence electrons. The second-order valence-electron chi connectivity index (χ2n) is 6.45. The van der Waals surface area contributed by atoms with Crippen molar-refractivity contribution in [2.24, 2.45) is 0 Å². The zero-order chi connectivity index (χ0) is 15.5. The number of rotatable bonds is 2. The lowest BCUT2D eigenvalue weighted by molar-refractivity contribution is 0.0288. The number of amides is 2. The molecular formula is C14H24N2O5. The fourth-order valence-corrected chi connectivity index (χ4v) is 2.33. The Hall–Kier alpha value is -1.50. The van der Waals surface area contributed by atoms with Crippen molar-refractivity contribution >= 4 is 12.2 Å². The van der Waals surface area contributed by atoms with Gasteiger partial charge in [-0.25, -0.2) is 9.59 Å². The number of nitrogens with one attached hydrogen (secondary N) is 1. The number of nitrogens with zero attached hydrogens (tertiary/aromatic N) is 1. The third-order valence-electron chi connectivity index (χ3n) is 3.32. The molecule has 1 N–H and O–H groups in total. The fourth-order valence-electron chi connectivity index (χ4n) is 2.33. The largest absolute Gasteiger partial charge is 0.444 e. The van der Waals surface area contributed by atoms with E-state index < -0.39 is 11.7 Å². The molecule has 2 saturated heterocycles. The van der Waals surface area contributed by atoms with E-state index in [4.69, 9.17) is 14.2 Å². The van der Waals surface area contributed by atoms with Crippen LogP contribution in [0.4, 0.5) is 9.59 Å². The molecule has 21 heavy (non-hydrogen) atoms. The first-order valence-electron chi connectivity index (χ1n) is 7.36. The molecule has 2 amide bonds. The van der Waals surface area contributed by atoms with Gasteiger partial charge in [0.15, 0.2) is 0 Å². The van der Waals surface area contributed by atoms with E-state index in [-0.39, 0.29) is 18.2 Å². The normalized spacial score (nSPS) is 25.8. The average Bonchev–Trinajstić information content (AvgIpc) is 2.98. The lowest BCUT2D eigenvalue weighted by Crippen LogP contribution is -2.41. The van der Waals surface area contributed by atoms with E-state index in [2.05, 4.69) is 5.32 Å². The summed E-state index contributed by atoms with van der Waals surface area (Å²) in [6.07, 6.45) is 0.497. The van der Waals surface area contributed by atoms with Gasteiger partial charge in [-0.1, -0.05) is 0 Å². The van der Waals surface area contributed by atoms with E-state index in [1.807, 2.05) is 20.8 Å². The van der Waals surface area contributed by atoms with E-state index in [9.17, 15) is 9.59 Å². The highest BCUT2D eigenvalue weighted by Crippen LogP contribution is 2.16. The standard InChI is InChI=1S/C14H24N2O5/c1-14(2,3)21-13(18)16-6-4-10(8-16)15-12(17)20-11-5-7-19-9-11/h10-11H,4-9H2,1-3H3,(H,15,17). The third-order valence-corrected chi connectivity index (χ3v) is 3.32. The van der Waals surface area contributed by atoms with E-state index in [0.717, 1.165) is 6.42 Å². The van der Waals surface area contributed by atoms with Gasteiger partial charge in [0.1, 0.15) is 11.7 Å². The average molecular weight is 300 g/mol. The van der Waals surface area contributed by atoms with Crippen molar-refractivity contribution in [3.8, 4) is 0 Å². The van der Waals surface area contributed by atoms with E-state index in [1.54, 1.807) is 4.90 Å². The van der Waals surface area contributed by atoms with Crippen molar-refractivity contribution < 1.29 is 23.8 Å². The Morgan fingerprint density at radius 1 is 1.29 bits per heavy atom. The van der Waals surface area contributed by atoms with Crippen LogP contribution in [-0.4, -0.2) is 61.1 Å². The van der Waals surface area contributed by atoms with Crippen molar-refractivity contribution in [1.29, 1.82) is 0 Å². The number of likely N-dealkylation sites (tertiary alicyclic amines) is 1. The molecule has 2 atom stereocenters. The zero-order valence-corrected chi connectivity index (χ0v) is 12.9. The Morgan fingerprint density at radius 2 is 2.05 bits per heavy atom. The molecule has 2 aliphatic heterocycles. The predicted octanol–water partition coefficient (Wildman–Crippen LogP) is 1.51. The Bertz CT molecular complexity index is 387. The van der Waals surface area contributed by atoms with Crippen LogP contribution in [0.15, 0.2) is 0 Å². The zero-order valence-electron chi connectivity index (χ0n) is 12.9. The summed E-state index contributed by atoms with van der Waals surface area (Å²) in [5.74, 6) is 0. The van der Waals surface area contributed by atoms with E-state index in [1.165, 1.54) is 0 Å². The highest BCUT2D eigenvalue weighted by atomic mass is 16.6. The number of ether oxygens (including phenoxy) is 3. The second-order valence-corrected chi connectivity index (χ2v) is 6.45. The summed E-state index contributed by atoms with van der Waals surface area (Å²) in [6.45, 7) is 7.61. The van der Waals surface area contributed by atoms with Gasteiger partial charge in [0.2, 0.25) is 0 Å². The molecule has 2 rings (SSSR count). The molecule has 0 bridgehead atoms. The van der Waals surface area contributed by atoms with Gasteiger partial charge in [-0.05, 0) is 27.2 Å². The Balaban J connectivity index is 1.72. The number of hydrogen-bond acceptors (Lipinski definition) is 5. The van der Waals surface area contributed by atoms with Crippen LogP contribution in [0.3, 0.4) is 0 Å². The molecule has 0 spiro atoms. The molecule has 2 heterocycles. The molecule has 2 unspecified atom stereocenters. The lowest BCUT2D eigenvalue weighted by Gasteiger charge is -2.24. The molecule has 0 saturated carbocycles. The van der Waals surface area contributed by atoms with Crippen LogP contribution in [-0.2, 0) is 14.2 Å². The number of alkyl carbamates (subject to hydrolysis) is 1. The number of carbonyl (C=O) groups excluding carboxylic acids is 2. The van der Waals surface area contributed by atoms with Crippen molar-refractivity contribution in [2.75, 3.05) is 26.3 Å². The van der Waals surface area contributed by atoms with Crippen LogP contribution < -0.4 is 5.32 Å². The summed E-state index contributed by atoms with van der Waals surface area (Å²) in [7, 11) is 0. The summed E-state index contributed by atoms with van der Waals surface area (Å²) in [5, 5.41) is 2.79. The lowest BCUT2D eigenvalue weighted by atomic mass is 10.2. The molecule has 7 heteroatoms. The monoisotopic (exact) mass is 300 g/mol. The van der Waals surface area contributed by atoms with Crippen LogP contribution >= 0.6 is 0 Å². The first-order valence-corrected chi connectivity index (χ1v) is 7.36. The third kappa shape index (κ3) is 5.08. The maximum Gasteiger partial charge on any atom is 0.410 e. The summed E-state index contributed by atoms with van der Waals surface area (Å²) in [6, 6.07) is -0.0904. The minimum atomic E-state index is -0.510. The molecule has 0 aliphatic carbocycles. The van der Waals surface area contributed by atoms with Crippen molar-refractivity contribution in [3.05, 3.63) is 0 Å². The molecule has 0 aromatic rings. The SMILES string of the molecule is CC(C)(C)OC(=O)N1CCC(NC(=O)OC2CCOC2)C1. The minimum absolute atomic E-state index is 0.0904. The molecule has 0 aromatic heterocycles. The van der Waals surface area contributed by atoms with Crippen LogP contribution in [0.5, 0.6) is 0 Å². The molecule has 0 aromatic carbocycles. The van der Waals surface area contributed by atoms with Gasteiger partial charge in [0, 0.05) is 19.5 Å². The number of hydrogen-bond donors (Lipinski definition) is 1. The fraction of sp³-hybridized carbons (Fsp3) is 0.857. The Kier molecular flexibility index (Phi) is 4.92. The van der Waals surface area contributed by atoms with Crippen LogP contribution in [0.1, 0.15) is 33.6 Å². The quantitative estimate of drug-likeness (QED) is 0.836. The van der Waals surface area contributed by atoms with Crippen LogP contribution in [0.25, 0.3) is 0 Å². The van der Waals surface area contributed by atoms with Gasteiger partial charge >= 0.3 is 12.2 Å². The topological polar surface area (TPSA) is 77.1 Å². The molecular weight excluding hydrogens is 276 g/mol. The summed E-state index contributed by atoms with van der Waals surface area (Å²) >= 11 is 0. The van der Waals surface area contributed by atoms with Crippen molar-refractivity contribution in [1.82, 2.24) is 10.2 Å². The second kappa shape index (κ2) is 6.51. The maximum absolute atomic E-state index is 11.9. The predicted molar refractivity (Wildman–Crippen MR) is 75.1 cm³/mol. The van der Waals surface area contributed by atoms with Gasteiger partial charge in [0.05, 0.1) is 19.3 Å². The van der Waals surface area contributed by atoms with E-state index >= 15 is 0 Å². The molecule has 2 aliphatic rings.